The quantitative estimate of drug-likeness (QED) is 0.573. The van der Waals surface area contributed by atoms with Crippen molar-refractivity contribution in [1.29, 1.82) is 0 Å². The number of rotatable bonds is 4. The molecule has 3 rings (SSSR count). The van der Waals surface area contributed by atoms with E-state index < -0.39 is 0 Å². The van der Waals surface area contributed by atoms with Crippen LogP contribution < -0.4 is 11.3 Å². The smallest absolute Gasteiger partial charge is 0.0958 e. The van der Waals surface area contributed by atoms with E-state index in [1.807, 2.05) is 48.8 Å². The Balaban J connectivity index is 1.89. The van der Waals surface area contributed by atoms with Crippen LogP contribution in [0.15, 0.2) is 54.9 Å². The Morgan fingerprint density at radius 3 is 2.65 bits per heavy atom. The van der Waals surface area contributed by atoms with Gasteiger partial charge in [-0.05, 0) is 29.8 Å². The highest BCUT2D eigenvalue weighted by Gasteiger charge is 2.12. The lowest BCUT2D eigenvalue weighted by molar-refractivity contribution is 0.481. The first-order valence-corrected chi connectivity index (χ1v) is 6.77. The first kappa shape index (κ1) is 13.1. The SMILES string of the molecule is NNC(Cn1cnc2ccccc21)c1ccc(Cl)cc1. The summed E-state index contributed by atoms with van der Waals surface area (Å²) >= 11 is 5.91. The molecule has 0 bridgehead atoms. The van der Waals surface area contributed by atoms with E-state index in [1.165, 1.54) is 0 Å². The molecule has 1 unspecified atom stereocenters. The number of imidazole rings is 1. The summed E-state index contributed by atoms with van der Waals surface area (Å²) in [5.41, 5.74) is 6.03. The molecule has 0 radical (unpaired) electrons. The van der Waals surface area contributed by atoms with E-state index in [9.17, 15) is 0 Å². The molecule has 0 aliphatic heterocycles. The molecule has 0 spiro atoms. The summed E-state index contributed by atoms with van der Waals surface area (Å²) in [7, 11) is 0. The molecule has 0 saturated carbocycles. The average molecular weight is 287 g/mol. The Hall–Kier alpha value is -1.88. The van der Waals surface area contributed by atoms with Crippen LogP contribution in [0.4, 0.5) is 0 Å². The van der Waals surface area contributed by atoms with Gasteiger partial charge >= 0.3 is 0 Å². The van der Waals surface area contributed by atoms with E-state index in [0.29, 0.717) is 6.54 Å². The van der Waals surface area contributed by atoms with Gasteiger partial charge in [0.1, 0.15) is 0 Å². The Labute approximate surface area is 122 Å². The Morgan fingerprint density at radius 2 is 1.90 bits per heavy atom. The number of nitrogens with one attached hydrogen (secondary N) is 1. The number of hydrazine groups is 1. The van der Waals surface area contributed by atoms with Gasteiger partial charge in [0, 0.05) is 11.6 Å². The van der Waals surface area contributed by atoms with Crippen LogP contribution in [0.2, 0.25) is 5.02 Å². The lowest BCUT2D eigenvalue weighted by Crippen LogP contribution is -2.31. The molecular weight excluding hydrogens is 272 g/mol. The number of nitrogens with zero attached hydrogens (tertiary/aromatic N) is 2. The van der Waals surface area contributed by atoms with Gasteiger partial charge in [-0.3, -0.25) is 11.3 Å². The first-order chi connectivity index (χ1) is 9.78. The minimum Gasteiger partial charge on any atom is -0.329 e. The van der Waals surface area contributed by atoms with Crippen LogP contribution in [0, 0.1) is 0 Å². The van der Waals surface area contributed by atoms with Gasteiger partial charge in [0.05, 0.1) is 23.4 Å². The fraction of sp³-hybridized carbons (Fsp3) is 0.133. The number of aromatic nitrogens is 2. The summed E-state index contributed by atoms with van der Waals surface area (Å²) in [6, 6.07) is 15.7. The van der Waals surface area contributed by atoms with Gasteiger partial charge in [0.25, 0.3) is 0 Å². The van der Waals surface area contributed by atoms with Crippen LogP contribution in [0.3, 0.4) is 0 Å². The fourth-order valence-electron chi connectivity index (χ4n) is 2.30. The predicted molar refractivity (Wildman–Crippen MR) is 81.2 cm³/mol. The molecule has 4 nitrogen and oxygen atoms in total. The highest BCUT2D eigenvalue weighted by Crippen LogP contribution is 2.20. The molecule has 2 aromatic carbocycles. The third kappa shape index (κ3) is 2.54. The number of hydrogen-bond donors (Lipinski definition) is 2. The second-order valence-corrected chi connectivity index (χ2v) is 5.09. The Morgan fingerprint density at radius 1 is 1.15 bits per heavy atom. The number of nitrogens with two attached hydrogens (primary N) is 1. The molecule has 5 heteroatoms. The van der Waals surface area contributed by atoms with Crippen LogP contribution in [0.1, 0.15) is 11.6 Å². The second kappa shape index (κ2) is 5.63. The van der Waals surface area contributed by atoms with Crippen molar-refractivity contribution in [2.75, 3.05) is 0 Å². The van der Waals surface area contributed by atoms with Gasteiger partial charge in [-0.25, -0.2) is 4.98 Å². The lowest BCUT2D eigenvalue weighted by Gasteiger charge is -2.17. The number of hydrogen-bond acceptors (Lipinski definition) is 3. The zero-order chi connectivity index (χ0) is 13.9. The predicted octanol–water partition coefficient (Wildman–Crippen LogP) is 2.89. The maximum absolute atomic E-state index is 5.91. The van der Waals surface area contributed by atoms with Crippen molar-refractivity contribution in [3.8, 4) is 0 Å². The lowest BCUT2D eigenvalue weighted by atomic mass is 10.1. The molecule has 0 aliphatic carbocycles. The molecule has 102 valence electrons. The van der Waals surface area contributed by atoms with Crippen molar-refractivity contribution in [3.05, 3.63) is 65.4 Å². The normalized spacial score (nSPS) is 12.7. The molecule has 0 saturated heterocycles. The number of halogens is 1. The third-order valence-corrected chi connectivity index (χ3v) is 3.63. The molecule has 1 heterocycles. The summed E-state index contributed by atoms with van der Waals surface area (Å²) in [6.07, 6.45) is 1.84. The van der Waals surface area contributed by atoms with Crippen molar-refractivity contribution in [2.45, 2.75) is 12.6 Å². The van der Waals surface area contributed by atoms with Crippen LogP contribution in [-0.2, 0) is 6.54 Å². The van der Waals surface area contributed by atoms with Gasteiger partial charge in [-0.15, -0.1) is 0 Å². The zero-order valence-corrected chi connectivity index (χ0v) is 11.6. The molecule has 3 N–H and O–H groups in total. The highest BCUT2D eigenvalue weighted by molar-refractivity contribution is 6.30. The minimum absolute atomic E-state index is 0.00451. The van der Waals surface area contributed by atoms with Gasteiger partial charge in [0.2, 0.25) is 0 Å². The van der Waals surface area contributed by atoms with Gasteiger partial charge in [-0.2, -0.15) is 0 Å². The maximum atomic E-state index is 5.91. The fourth-order valence-corrected chi connectivity index (χ4v) is 2.43. The maximum Gasteiger partial charge on any atom is 0.0958 e. The molecule has 0 amide bonds. The molecule has 0 aliphatic rings. The topological polar surface area (TPSA) is 55.9 Å². The van der Waals surface area contributed by atoms with E-state index in [0.717, 1.165) is 21.6 Å². The Kier molecular flexibility index (Phi) is 3.69. The van der Waals surface area contributed by atoms with Crippen LogP contribution in [-0.4, -0.2) is 9.55 Å². The Bertz CT molecular complexity index is 705. The van der Waals surface area contributed by atoms with Crippen LogP contribution in [0.25, 0.3) is 11.0 Å². The largest absolute Gasteiger partial charge is 0.329 e. The summed E-state index contributed by atoms with van der Waals surface area (Å²) in [5.74, 6) is 5.69. The zero-order valence-electron chi connectivity index (χ0n) is 10.8. The second-order valence-electron chi connectivity index (χ2n) is 4.66. The standard InChI is InChI=1S/C15H15ClN4/c16-12-7-5-11(6-8-12)14(19-17)9-20-10-18-13-3-1-2-4-15(13)20/h1-8,10,14,19H,9,17H2. The third-order valence-electron chi connectivity index (χ3n) is 3.38. The van der Waals surface area contributed by atoms with Crippen LogP contribution in [0.5, 0.6) is 0 Å². The van der Waals surface area contributed by atoms with Gasteiger partial charge in [-0.1, -0.05) is 35.9 Å². The number of para-hydroxylation sites is 2. The monoisotopic (exact) mass is 286 g/mol. The van der Waals surface area contributed by atoms with E-state index in [1.54, 1.807) is 0 Å². The van der Waals surface area contributed by atoms with Crippen molar-refractivity contribution in [1.82, 2.24) is 15.0 Å². The molecule has 0 fully saturated rings. The molecule has 3 aromatic rings. The summed E-state index contributed by atoms with van der Waals surface area (Å²) in [4.78, 5) is 4.39. The van der Waals surface area contributed by atoms with E-state index in [2.05, 4.69) is 21.0 Å². The molecule has 20 heavy (non-hydrogen) atoms. The van der Waals surface area contributed by atoms with Crippen LogP contribution >= 0.6 is 11.6 Å². The van der Waals surface area contributed by atoms with Crippen molar-refractivity contribution in [2.24, 2.45) is 5.84 Å². The van der Waals surface area contributed by atoms with Gasteiger partial charge in [0.15, 0.2) is 0 Å². The summed E-state index contributed by atoms with van der Waals surface area (Å²) in [6.45, 7) is 0.707. The van der Waals surface area contributed by atoms with E-state index in [4.69, 9.17) is 17.4 Å². The average Bonchev–Trinajstić information content (AvgIpc) is 2.89. The van der Waals surface area contributed by atoms with Gasteiger partial charge < -0.3 is 4.57 Å². The molecule has 1 atom stereocenters. The van der Waals surface area contributed by atoms with E-state index >= 15 is 0 Å². The summed E-state index contributed by atoms with van der Waals surface area (Å²) < 4.78 is 2.09. The highest BCUT2D eigenvalue weighted by atomic mass is 35.5. The number of benzene rings is 2. The van der Waals surface area contributed by atoms with Crippen molar-refractivity contribution >= 4 is 22.6 Å². The van der Waals surface area contributed by atoms with Crippen molar-refractivity contribution in [3.63, 3.8) is 0 Å². The minimum atomic E-state index is 0.00451. The molecule has 1 aromatic heterocycles. The number of fused-ring (bicyclic) bond motifs is 1. The van der Waals surface area contributed by atoms with Crippen molar-refractivity contribution < 1.29 is 0 Å². The molecular formula is C15H15ClN4. The van der Waals surface area contributed by atoms with E-state index in [-0.39, 0.29) is 6.04 Å². The summed E-state index contributed by atoms with van der Waals surface area (Å²) in [5, 5.41) is 0.720. The first-order valence-electron chi connectivity index (χ1n) is 6.39.